The molecular formula is C15H26N2O4. The number of amides is 2. The molecule has 0 radical (unpaired) electrons. The molecule has 2 N–H and O–H groups in total. The number of carbonyl (C=O) groups excluding carboxylic acids is 2. The first kappa shape index (κ1) is 17.5. The summed E-state index contributed by atoms with van der Waals surface area (Å²) in [5.74, 6) is -0.637. The molecule has 6 heteroatoms. The van der Waals surface area contributed by atoms with Crippen molar-refractivity contribution in [2.45, 2.75) is 40.0 Å². The van der Waals surface area contributed by atoms with Crippen molar-refractivity contribution in [2.75, 3.05) is 19.6 Å². The van der Waals surface area contributed by atoms with E-state index < -0.39 is 5.97 Å². The summed E-state index contributed by atoms with van der Waals surface area (Å²) in [7, 11) is 0. The molecule has 1 aliphatic rings. The van der Waals surface area contributed by atoms with E-state index in [1.807, 2.05) is 20.8 Å². The van der Waals surface area contributed by atoms with Crippen molar-refractivity contribution in [3.05, 3.63) is 0 Å². The second-order valence-electron chi connectivity index (χ2n) is 6.38. The molecular weight excluding hydrogens is 272 g/mol. The van der Waals surface area contributed by atoms with E-state index in [2.05, 4.69) is 5.32 Å². The van der Waals surface area contributed by atoms with Crippen LogP contribution in [-0.4, -0.2) is 47.4 Å². The van der Waals surface area contributed by atoms with Gasteiger partial charge in [0.05, 0.1) is 5.92 Å². The molecule has 0 spiro atoms. The fourth-order valence-electron chi connectivity index (χ4n) is 2.46. The number of carboxylic acid groups (broad SMARTS) is 1. The summed E-state index contributed by atoms with van der Waals surface area (Å²) in [5.41, 5.74) is 0. The molecule has 0 aliphatic carbocycles. The van der Waals surface area contributed by atoms with Crippen LogP contribution in [0.2, 0.25) is 0 Å². The van der Waals surface area contributed by atoms with Crippen LogP contribution in [0.1, 0.15) is 40.0 Å². The van der Waals surface area contributed by atoms with Crippen molar-refractivity contribution in [3.8, 4) is 0 Å². The number of nitrogens with zero attached hydrogens (tertiary/aromatic N) is 1. The van der Waals surface area contributed by atoms with Crippen LogP contribution in [0, 0.1) is 17.8 Å². The van der Waals surface area contributed by atoms with Gasteiger partial charge in [-0.1, -0.05) is 20.8 Å². The number of hydrogen-bond acceptors (Lipinski definition) is 3. The molecule has 1 heterocycles. The Hall–Kier alpha value is -1.59. The quantitative estimate of drug-likeness (QED) is 0.703. The summed E-state index contributed by atoms with van der Waals surface area (Å²) in [6.07, 6.45) is 0.932. The lowest BCUT2D eigenvalue weighted by Crippen LogP contribution is -2.36. The second-order valence-corrected chi connectivity index (χ2v) is 6.38. The van der Waals surface area contributed by atoms with E-state index in [4.69, 9.17) is 5.11 Å². The molecule has 2 amide bonds. The summed E-state index contributed by atoms with van der Waals surface area (Å²) in [4.78, 5) is 36.1. The van der Waals surface area contributed by atoms with Gasteiger partial charge >= 0.3 is 5.97 Å². The van der Waals surface area contributed by atoms with Crippen LogP contribution in [-0.2, 0) is 14.4 Å². The standard InChI is InChI=1S/C15H26N2O4/c1-10(2)8-17-9-12(6-13(17)18)15(21)16-7-11(3)4-5-14(19)20/h10-12H,4-9H2,1-3H3,(H,16,21)(H,19,20). The van der Waals surface area contributed by atoms with Crippen molar-refractivity contribution in [1.82, 2.24) is 10.2 Å². The van der Waals surface area contributed by atoms with Crippen molar-refractivity contribution < 1.29 is 19.5 Å². The number of aliphatic carboxylic acids is 1. The highest BCUT2D eigenvalue weighted by Gasteiger charge is 2.34. The molecule has 2 unspecified atom stereocenters. The molecule has 120 valence electrons. The number of carboxylic acids is 1. The Morgan fingerprint density at radius 2 is 2.05 bits per heavy atom. The minimum atomic E-state index is -0.820. The van der Waals surface area contributed by atoms with Gasteiger partial charge in [-0.15, -0.1) is 0 Å². The fourth-order valence-corrected chi connectivity index (χ4v) is 2.46. The molecule has 21 heavy (non-hydrogen) atoms. The Bertz CT molecular complexity index is 395. The first-order valence-electron chi connectivity index (χ1n) is 7.56. The lowest BCUT2D eigenvalue weighted by atomic mass is 10.0. The Morgan fingerprint density at radius 3 is 2.62 bits per heavy atom. The lowest BCUT2D eigenvalue weighted by molar-refractivity contribution is -0.137. The predicted octanol–water partition coefficient (Wildman–Crippen LogP) is 1.11. The summed E-state index contributed by atoms with van der Waals surface area (Å²) >= 11 is 0. The number of nitrogens with one attached hydrogen (secondary N) is 1. The normalized spacial score (nSPS) is 19.9. The second kappa shape index (κ2) is 8.00. The molecule has 1 fully saturated rings. The van der Waals surface area contributed by atoms with Crippen LogP contribution >= 0.6 is 0 Å². The topological polar surface area (TPSA) is 86.7 Å². The first-order chi connectivity index (χ1) is 9.79. The van der Waals surface area contributed by atoms with Gasteiger partial charge in [0.2, 0.25) is 11.8 Å². The zero-order valence-electron chi connectivity index (χ0n) is 13.1. The third-order valence-corrected chi connectivity index (χ3v) is 3.65. The molecule has 1 aliphatic heterocycles. The van der Waals surface area contributed by atoms with Crippen molar-refractivity contribution >= 4 is 17.8 Å². The third kappa shape index (κ3) is 6.14. The van der Waals surface area contributed by atoms with E-state index >= 15 is 0 Å². The SMILES string of the molecule is CC(C)CN1CC(C(=O)NCC(C)CCC(=O)O)CC1=O. The zero-order valence-corrected chi connectivity index (χ0v) is 13.1. The minimum absolute atomic E-state index is 0.0442. The van der Waals surface area contributed by atoms with Crippen LogP contribution in [0.4, 0.5) is 0 Å². The van der Waals surface area contributed by atoms with Gasteiger partial charge in [-0.25, -0.2) is 0 Å². The molecule has 0 aromatic carbocycles. The minimum Gasteiger partial charge on any atom is -0.481 e. The van der Waals surface area contributed by atoms with Crippen molar-refractivity contribution in [2.24, 2.45) is 17.8 Å². The van der Waals surface area contributed by atoms with Gasteiger partial charge in [0.25, 0.3) is 0 Å². The molecule has 0 bridgehead atoms. The molecule has 6 nitrogen and oxygen atoms in total. The number of likely N-dealkylation sites (tertiary alicyclic amines) is 1. The van der Waals surface area contributed by atoms with Crippen molar-refractivity contribution in [3.63, 3.8) is 0 Å². The van der Waals surface area contributed by atoms with Gasteiger partial charge in [-0.2, -0.15) is 0 Å². The average molecular weight is 298 g/mol. The summed E-state index contributed by atoms with van der Waals surface area (Å²) < 4.78 is 0. The molecule has 0 aromatic rings. The van der Waals surface area contributed by atoms with E-state index in [1.165, 1.54) is 0 Å². The van der Waals surface area contributed by atoms with Gasteiger partial charge in [0.1, 0.15) is 0 Å². The average Bonchev–Trinajstić information content (AvgIpc) is 2.74. The predicted molar refractivity (Wildman–Crippen MR) is 78.6 cm³/mol. The molecule has 1 saturated heterocycles. The van der Waals surface area contributed by atoms with Crippen LogP contribution in [0.5, 0.6) is 0 Å². The van der Waals surface area contributed by atoms with Gasteiger partial charge in [-0.05, 0) is 18.3 Å². The third-order valence-electron chi connectivity index (χ3n) is 3.65. The monoisotopic (exact) mass is 298 g/mol. The first-order valence-corrected chi connectivity index (χ1v) is 7.56. The molecule has 1 rings (SSSR count). The Kier molecular flexibility index (Phi) is 6.65. The number of rotatable bonds is 8. The molecule has 0 aromatic heterocycles. The van der Waals surface area contributed by atoms with Crippen LogP contribution in [0.15, 0.2) is 0 Å². The Labute approximate surface area is 125 Å². The number of carbonyl (C=O) groups is 3. The van der Waals surface area contributed by atoms with Crippen LogP contribution in [0.25, 0.3) is 0 Å². The van der Waals surface area contributed by atoms with Crippen LogP contribution in [0.3, 0.4) is 0 Å². The maximum absolute atomic E-state index is 12.1. The maximum Gasteiger partial charge on any atom is 0.303 e. The lowest BCUT2D eigenvalue weighted by Gasteiger charge is -2.19. The molecule has 0 saturated carbocycles. The highest BCUT2D eigenvalue weighted by atomic mass is 16.4. The molecule has 2 atom stereocenters. The van der Waals surface area contributed by atoms with Gasteiger partial charge in [-0.3, -0.25) is 14.4 Å². The fraction of sp³-hybridized carbons (Fsp3) is 0.800. The summed E-state index contributed by atoms with van der Waals surface area (Å²) in [5, 5.41) is 11.4. The van der Waals surface area contributed by atoms with Crippen LogP contribution < -0.4 is 5.32 Å². The van der Waals surface area contributed by atoms with E-state index in [9.17, 15) is 14.4 Å². The van der Waals surface area contributed by atoms with Gasteiger partial charge < -0.3 is 15.3 Å². The Balaban J connectivity index is 2.33. The van der Waals surface area contributed by atoms with Crippen molar-refractivity contribution in [1.29, 1.82) is 0 Å². The summed E-state index contributed by atoms with van der Waals surface area (Å²) in [6.45, 7) is 7.65. The zero-order chi connectivity index (χ0) is 16.0. The van der Waals surface area contributed by atoms with E-state index in [-0.39, 0.29) is 36.5 Å². The smallest absolute Gasteiger partial charge is 0.303 e. The highest BCUT2D eigenvalue weighted by Crippen LogP contribution is 2.19. The summed E-state index contributed by atoms with van der Waals surface area (Å²) in [6, 6.07) is 0. The number of hydrogen-bond donors (Lipinski definition) is 2. The van der Waals surface area contributed by atoms with E-state index in [0.29, 0.717) is 32.0 Å². The van der Waals surface area contributed by atoms with Gasteiger partial charge in [0, 0.05) is 32.5 Å². The highest BCUT2D eigenvalue weighted by molar-refractivity contribution is 5.89. The Morgan fingerprint density at radius 1 is 1.38 bits per heavy atom. The van der Waals surface area contributed by atoms with E-state index in [0.717, 1.165) is 0 Å². The van der Waals surface area contributed by atoms with Gasteiger partial charge in [0.15, 0.2) is 0 Å². The van der Waals surface area contributed by atoms with E-state index in [1.54, 1.807) is 4.90 Å². The maximum atomic E-state index is 12.1. The largest absolute Gasteiger partial charge is 0.481 e.